The third-order valence-corrected chi connectivity index (χ3v) is 4.14. The minimum atomic E-state index is 0. The van der Waals surface area contributed by atoms with Crippen molar-refractivity contribution in [1.82, 2.24) is 14.9 Å². The summed E-state index contributed by atoms with van der Waals surface area (Å²) in [6.07, 6.45) is 7.73. The number of carbonyl (C=O) groups excluding carboxylic acids is 1. The first-order chi connectivity index (χ1) is 9.56. The second kappa shape index (κ2) is 10.1. The molecule has 1 aromatic rings. The van der Waals surface area contributed by atoms with Gasteiger partial charge in [0.05, 0.1) is 0 Å². The van der Waals surface area contributed by atoms with Crippen LogP contribution in [0.25, 0.3) is 0 Å². The summed E-state index contributed by atoms with van der Waals surface area (Å²) in [5, 5.41) is 3.08. The van der Waals surface area contributed by atoms with Gasteiger partial charge >= 0.3 is 0 Å². The smallest absolute Gasteiger partial charge is 0.223 e. The van der Waals surface area contributed by atoms with Gasteiger partial charge in [0.1, 0.15) is 5.82 Å². The van der Waals surface area contributed by atoms with E-state index in [0.29, 0.717) is 12.5 Å². The molecule has 0 bridgehead atoms. The molecule has 3 atom stereocenters. The number of aromatic nitrogens is 2. The highest BCUT2D eigenvalue weighted by atomic mass is 35.5. The molecule has 1 aliphatic rings. The lowest BCUT2D eigenvalue weighted by Crippen LogP contribution is -2.39. The van der Waals surface area contributed by atoms with Gasteiger partial charge in [0.2, 0.25) is 5.91 Å². The van der Waals surface area contributed by atoms with E-state index in [1.54, 1.807) is 0 Å². The fraction of sp³-hybridized carbons (Fsp3) is 0.733. The summed E-state index contributed by atoms with van der Waals surface area (Å²) in [7, 11) is 0. The van der Waals surface area contributed by atoms with E-state index in [2.05, 4.69) is 21.8 Å². The van der Waals surface area contributed by atoms with E-state index in [0.717, 1.165) is 38.1 Å². The number of nitrogens with one attached hydrogen (secondary N) is 1. The first kappa shape index (κ1) is 21.2. The fourth-order valence-corrected chi connectivity index (χ4v) is 2.88. The molecule has 1 aromatic heterocycles. The number of carbonyl (C=O) groups is 1. The number of imidazole rings is 1. The molecule has 22 heavy (non-hydrogen) atoms. The van der Waals surface area contributed by atoms with Gasteiger partial charge in [-0.25, -0.2) is 4.98 Å². The standard InChI is InChI=1S/C15H26N4O.2ClH/c1-11(10-19-7-6-17-12(19)2)9-18-15(20)13-4-3-5-14(16)8-13;;/h6-7,11,13-14H,3-5,8-10,16H2,1-2H3,(H,18,20);2*1H. The maximum atomic E-state index is 12.1. The predicted molar refractivity (Wildman–Crippen MR) is 93.6 cm³/mol. The maximum absolute atomic E-state index is 12.1. The number of nitrogens with zero attached hydrogens (tertiary/aromatic N) is 2. The van der Waals surface area contributed by atoms with Gasteiger partial charge in [0, 0.05) is 37.4 Å². The van der Waals surface area contributed by atoms with Crippen molar-refractivity contribution in [3.05, 3.63) is 18.2 Å². The topological polar surface area (TPSA) is 72.9 Å². The zero-order valence-corrected chi connectivity index (χ0v) is 15.0. The summed E-state index contributed by atoms with van der Waals surface area (Å²) in [6, 6.07) is 0.200. The Morgan fingerprint density at radius 3 is 2.82 bits per heavy atom. The van der Waals surface area contributed by atoms with E-state index < -0.39 is 0 Å². The Hall–Kier alpha value is -0.780. The van der Waals surface area contributed by atoms with Crippen molar-refractivity contribution in [1.29, 1.82) is 0 Å². The van der Waals surface area contributed by atoms with Gasteiger partial charge in [0.15, 0.2) is 0 Å². The Morgan fingerprint density at radius 1 is 1.50 bits per heavy atom. The van der Waals surface area contributed by atoms with Gasteiger partial charge in [-0.3, -0.25) is 4.79 Å². The summed E-state index contributed by atoms with van der Waals surface area (Å²) < 4.78 is 2.12. The van der Waals surface area contributed by atoms with Crippen molar-refractivity contribution < 1.29 is 4.79 Å². The summed E-state index contributed by atoms with van der Waals surface area (Å²) in [5.74, 6) is 1.70. The van der Waals surface area contributed by atoms with Crippen LogP contribution in [0.2, 0.25) is 0 Å². The quantitative estimate of drug-likeness (QED) is 0.855. The van der Waals surface area contributed by atoms with Gasteiger partial charge in [-0.2, -0.15) is 0 Å². The molecule has 1 aliphatic carbocycles. The highest BCUT2D eigenvalue weighted by molar-refractivity contribution is 5.85. The lowest BCUT2D eigenvalue weighted by Gasteiger charge is -2.26. The van der Waals surface area contributed by atoms with Gasteiger partial charge in [-0.05, 0) is 32.1 Å². The fourth-order valence-electron chi connectivity index (χ4n) is 2.88. The van der Waals surface area contributed by atoms with Crippen LogP contribution >= 0.6 is 24.8 Å². The second-order valence-corrected chi connectivity index (χ2v) is 6.10. The van der Waals surface area contributed by atoms with Crippen LogP contribution in [0.1, 0.15) is 38.4 Å². The minimum Gasteiger partial charge on any atom is -0.356 e. The zero-order chi connectivity index (χ0) is 14.5. The molecule has 0 radical (unpaired) electrons. The third kappa shape index (κ3) is 6.15. The van der Waals surface area contributed by atoms with Gasteiger partial charge in [0.25, 0.3) is 0 Å². The van der Waals surface area contributed by atoms with Crippen molar-refractivity contribution in [3.63, 3.8) is 0 Å². The van der Waals surface area contributed by atoms with Crippen molar-refractivity contribution in [2.75, 3.05) is 6.54 Å². The molecule has 1 amide bonds. The van der Waals surface area contributed by atoms with Gasteiger partial charge < -0.3 is 15.6 Å². The first-order valence-electron chi connectivity index (χ1n) is 7.57. The van der Waals surface area contributed by atoms with Crippen LogP contribution in [-0.2, 0) is 11.3 Å². The molecule has 1 heterocycles. The van der Waals surface area contributed by atoms with Crippen LogP contribution < -0.4 is 11.1 Å². The Balaban J connectivity index is 0.00000220. The number of amides is 1. The largest absolute Gasteiger partial charge is 0.356 e. The van der Waals surface area contributed by atoms with Crippen LogP contribution in [0.3, 0.4) is 0 Å². The summed E-state index contributed by atoms with van der Waals surface area (Å²) in [5.41, 5.74) is 5.94. The SMILES string of the molecule is Cc1nccn1CC(C)CNC(=O)C1CCCC(N)C1.Cl.Cl. The van der Waals surface area contributed by atoms with Gasteiger partial charge in [-0.15, -0.1) is 24.8 Å². The van der Waals surface area contributed by atoms with E-state index in [1.165, 1.54) is 0 Å². The molecule has 0 saturated heterocycles. The number of rotatable bonds is 5. The van der Waals surface area contributed by atoms with Crippen LogP contribution in [0.5, 0.6) is 0 Å². The summed E-state index contributed by atoms with van der Waals surface area (Å²) >= 11 is 0. The molecular formula is C15H28Cl2N4O. The first-order valence-corrected chi connectivity index (χ1v) is 7.57. The molecule has 1 fully saturated rings. The molecule has 0 spiro atoms. The molecule has 0 aliphatic heterocycles. The van der Waals surface area contributed by atoms with E-state index in [-0.39, 0.29) is 42.7 Å². The molecular weight excluding hydrogens is 323 g/mol. The Kier molecular flexibility index (Phi) is 9.72. The normalized spacial score (nSPS) is 22.1. The van der Waals surface area contributed by atoms with E-state index in [1.807, 2.05) is 19.3 Å². The van der Waals surface area contributed by atoms with Crippen molar-refractivity contribution in [3.8, 4) is 0 Å². The zero-order valence-electron chi connectivity index (χ0n) is 13.3. The molecule has 3 unspecified atom stereocenters. The average Bonchev–Trinajstić information content (AvgIpc) is 2.81. The third-order valence-electron chi connectivity index (χ3n) is 4.14. The maximum Gasteiger partial charge on any atom is 0.223 e. The minimum absolute atomic E-state index is 0. The van der Waals surface area contributed by atoms with E-state index >= 15 is 0 Å². The van der Waals surface area contributed by atoms with Crippen molar-refractivity contribution in [2.24, 2.45) is 17.6 Å². The highest BCUT2D eigenvalue weighted by Crippen LogP contribution is 2.23. The van der Waals surface area contributed by atoms with Crippen LogP contribution in [0, 0.1) is 18.8 Å². The Bertz CT molecular complexity index is 453. The average molecular weight is 351 g/mol. The van der Waals surface area contributed by atoms with Crippen LogP contribution in [0.4, 0.5) is 0 Å². The van der Waals surface area contributed by atoms with Gasteiger partial charge in [-0.1, -0.05) is 13.3 Å². The lowest BCUT2D eigenvalue weighted by atomic mass is 9.85. The monoisotopic (exact) mass is 350 g/mol. The number of halogens is 2. The second-order valence-electron chi connectivity index (χ2n) is 6.10. The number of hydrogen-bond donors (Lipinski definition) is 2. The highest BCUT2D eigenvalue weighted by Gasteiger charge is 2.25. The van der Waals surface area contributed by atoms with E-state index in [4.69, 9.17) is 5.73 Å². The molecule has 2 rings (SSSR count). The molecule has 0 aromatic carbocycles. The molecule has 7 heteroatoms. The van der Waals surface area contributed by atoms with E-state index in [9.17, 15) is 4.79 Å². The molecule has 128 valence electrons. The Labute approximate surface area is 145 Å². The molecule has 1 saturated carbocycles. The van der Waals surface area contributed by atoms with Crippen LogP contribution in [0.15, 0.2) is 12.4 Å². The molecule has 3 N–H and O–H groups in total. The van der Waals surface area contributed by atoms with Crippen LogP contribution in [-0.4, -0.2) is 28.0 Å². The molecule has 5 nitrogen and oxygen atoms in total. The predicted octanol–water partition coefficient (Wildman–Crippen LogP) is 2.30. The number of aryl methyl sites for hydroxylation is 1. The summed E-state index contributed by atoms with van der Waals surface area (Å²) in [4.78, 5) is 16.3. The number of nitrogens with two attached hydrogens (primary N) is 1. The Morgan fingerprint density at radius 2 is 2.23 bits per heavy atom. The summed E-state index contributed by atoms with van der Waals surface area (Å²) in [6.45, 7) is 5.74. The lowest BCUT2D eigenvalue weighted by molar-refractivity contribution is -0.126. The van der Waals surface area contributed by atoms with Crippen molar-refractivity contribution in [2.45, 2.75) is 52.1 Å². The van der Waals surface area contributed by atoms with Crippen molar-refractivity contribution >= 4 is 30.7 Å². The number of hydrogen-bond acceptors (Lipinski definition) is 3.